The normalized spacial score (nSPS) is 3.60. The Morgan fingerprint density at radius 3 is 1.60 bits per heavy atom. The molecule has 0 N–H and O–H groups in total. The van der Waals surface area contributed by atoms with Crippen molar-refractivity contribution in [2.45, 2.75) is 6.92 Å². The third kappa shape index (κ3) is 20.7. The number of rotatable bonds is 0. The molecule has 22 valence electrons. The van der Waals surface area contributed by atoms with E-state index < -0.39 is 0 Å². The molecule has 0 aliphatic heterocycles. The topological polar surface area (TPSA) is 23.1 Å². The molecule has 0 saturated heterocycles. The van der Waals surface area contributed by atoms with Crippen molar-refractivity contribution in [3.05, 3.63) is 0 Å². The van der Waals surface area contributed by atoms with E-state index in [0.717, 1.165) is 0 Å². The zero-order chi connectivity index (χ0) is 2.71. The summed E-state index contributed by atoms with van der Waals surface area (Å²) in [4.78, 5) is 0. The Balaban J connectivity index is -0.0000000200. The molecular formula is C2H6KNaO. The van der Waals surface area contributed by atoms with Gasteiger partial charge in [-0.3, -0.25) is 0 Å². The second-order valence-corrected chi connectivity index (χ2v) is 0.289. The third-order valence-electron chi connectivity index (χ3n) is 0. The summed E-state index contributed by atoms with van der Waals surface area (Å²) in [7, 11) is 0. The average molecular weight is 108 g/mol. The van der Waals surface area contributed by atoms with Gasteiger partial charge in [-0.25, -0.2) is 0 Å². The molecule has 0 aromatic heterocycles. The van der Waals surface area contributed by atoms with Crippen LogP contribution in [0.15, 0.2) is 0 Å². The first kappa shape index (κ1) is 15.6. The Hall–Kier alpha value is 2.60. The van der Waals surface area contributed by atoms with Crippen molar-refractivity contribution < 1.29 is 56.5 Å². The first-order valence-corrected chi connectivity index (χ1v) is 0.996. The van der Waals surface area contributed by atoms with Gasteiger partial charge in [0.05, 0.1) is 0 Å². The fourth-order valence-corrected chi connectivity index (χ4v) is 0. The SMILES string of the molecule is CC[O-].[K+].[NaH]. The second-order valence-electron chi connectivity index (χ2n) is 0.289. The molecular weight excluding hydrogens is 102 g/mol. The van der Waals surface area contributed by atoms with Crippen LogP contribution in [0, 0.1) is 0 Å². The molecule has 0 radical (unpaired) electrons. The molecule has 0 amide bonds. The van der Waals surface area contributed by atoms with Crippen LogP contribution in [0.3, 0.4) is 0 Å². The summed E-state index contributed by atoms with van der Waals surface area (Å²) in [6, 6.07) is 0. The quantitative estimate of drug-likeness (QED) is 0.288. The van der Waals surface area contributed by atoms with Crippen LogP contribution in [0.1, 0.15) is 6.92 Å². The van der Waals surface area contributed by atoms with Crippen LogP contribution in [0.2, 0.25) is 0 Å². The molecule has 0 rings (SSSR count). The molecule has 1 nitrogen and oxygen atoms in total. The van der Waals surface area contributed by atoms with Gasteiger partial charge in [0.2, 0.25) is 0 Å². The van der Waals surface area contributed by atoms with E-state index in [2.05, 4.69) is 0 Å². The zero-order valence-electron chi connectivity index (χ0n) is 3.12. The fraction of sp³-hybridized carbons (Fsp3) is 1.00. The molecule has 0 aliphatic rings. The molecule has 0 aromatic rings. The second kappa shape index (κ2) is 16.0. The summed E-state index contributed by atoms with van der Waals surface area (Å²) in [5.41, 5.74) is 0. The average Bonchev–Trinajstić information content (AvgIpc) is 0.918. The standard InChI is InChI=1S/C2H5O.K.Na.H/c1-2-3;;;/h2H2,1H3;;;/q-1;+1;;. The molecule has 0 saturated carbocycles. The van der Waals surface area contributed by atoms with Crippen LogP contribution in [0.25, 0.3) is 0 Å². The summed E-state index contributed by atoms with van der Waals surface area (Å²) in [5.74, 6) is 0. The van der Waals surface area contributed by atoms with Crippen molar-refractivity contribution in [2.75, 3.05) is 6.61 Å². The maximum absolute atomic E-state index is 8.93. The van der Waals surface area contributed by atoms with Crippen molar-refractivity contribution in [3.8, 4) is 0 Å². The van der Waals surface area contributed by atoms with Crippen LogP contribution in [-0.2, 0) is 0 Å². The molecule has 0 atom stereocenters. The van der Waals surface area contributed by atoms with E-state index in [9.17, 15) is 0 Å². The minimum absolute atomic E-state index is 0. The van der Waals surface area contributed by atoms with Gasteiger partial charge in [-0.1, -0.05) is 6.92 Å². The number of hydrogen-bond donors (Lipinski definition) is 0. The van der Waals surface area contributed by atoms with E-state index in [1.165, 1.54) is 0 Å². The molecule has 0 aromatic carbocycles. The van der Waals surface area contributed by atoms with Gasteiger partial charge in [-0.2, -0.15) is 0 Å². The predicted octanol–water partition coefficient (Wildman–Crippen LogP) is -4.28. The molecule has 5 heavy (non-hydrogen) atoms. The summed E-state index contributed by atoms with van der Waals surface area (Å²) in [6.07, 6.45) is 0. The van der Waals surface area contributed by atoms with E-state index in [1.54, 1.807) is 6.92 Å². The van der Waals surface area contributed by atoms with E-state index >= 15 is 0 Å². The first-order chi connectivity index (χ1) is 1.41. The van der Waals surface area contributed by atoms with E-state index in [1.807, 2.05) is 0 Å². The van der Waals surface area contributed by atoms with Gasteiger partial charge in [0.15, 0.2) is 0 Å². The zero-order valence-corrected chi connectivity index (χ0v) is 6.24. The summed E-state index contributed by atoms with van der Waals surface area (Å²) in [6.45, 7) is 1.57. The van der Waals surface area contributed by atoms with Crippen LogP contribution in [0.5, 0.6) is 0 Å². The van der Waals surface area contributed by atoms with Gasteiger partial charge in [0.1, 0.15) is 0 Å². The van der Waals surface area contributed by atoms with Crippen molar-refractivity contribution in [1.82, 2.24) is 0 Å². The van der Waals surface area contributed by atoms with Crippen molar-refractivity contribution in [3.63, 3.8) is 0 Å². The first-order valence-electron chi connectivity index (χ1n) is 0.996. The van der Waals surface area contributed by atoms with Gasteiger partial charge in [0.25, 0.3) is 0 Å². The Kier molecular flexibility index (Phi) is 50.0. The number of hydrogen-bond acceptors (Lipinski definition) is 1. The molecule has 0 unspecified atom stereocenters. The van der Waals surface area contributed by atoms with Crippen molar-refractivity contribution in [1.29, 1.82) is 0 Å². The molecule has 0 heterocycles. The van der Waals surface area contributed by atoms with Gasteiger partial charge in [-0.15, -0.1) is 6.61 Å². The van der Waals surface area contributed by atoms with E-state index in [4.69, 9.17) is 5.11 Å². The van der Waals surface area contributed by atoms with Crippen molar-refractivity contribution in [2.24, 2.45) is 0 Å². The van der Waals surface area contributed by atoms with E-state index in [0.29, 0.717) is 0 Å². The molecule has 0 spiro atoms. The van der Waals surface area contributed by atoms with Gasteiger partial charge >= 0.3 is 80.9 Å². The van der Waals surface area contributed by atoms with Crippen LogP contribution in [-0.4, -0.2) is 36.2 Å². The Bertz CT molecular complexity index is 9.61. The molecule has 0 bridgehead atoms. The Morgan fingerprint density at radius 2 is 1.60 bits per heavy atom. The van der Waals surface area contributed by atoms with Crippen LogP contribution >= 0.6 is 0 Å². The van der Waals surface area contributed by atoms with E-state index in [-0.39, 0.29) is 87.5 Å². The summed E-state index contributed by atoms with van der Waals surface area (Å²) < 4.78 is 0. The maximum atomic E-state index is 8.93. The van der Waals surface area contributed by atoms with Gasteiger partial charge in [0, 0.05) is 0 Å². The Labute approximate surface area is 97.2 Å². The van der Waals surface area contributed by atoms with Gasteiger partial charge in [-0.05, 0) is 0 Å². The van der Waals surface area contributed by atoms with Crippen LogP contribution in [0.4, 0.5) is 0 Å². The van der Waals surface area contributed by atoms with Crippen LogP contribution < -0.4 is 56.5 Å². The molecule has 0 fully saturated rings. The Morgan fingerprint density at radius 1 is 1.60 bits per heavy atom. The summed E-state index contributed by atoms with van der Waals surface area (Å²) in [5, 5.41) is 8.93. The summed E-state index contributed by atoms with van der Waals surface area (Å²) >= 11 is 0. The third-order valence-corrected chi connectivity index (χ3v) is 0. The monoisotopic (exact) mass is 108 g/mol. The minimum atomic E-state index is 0. The molecule has 3 heteroatoms. The predicted molar refractivity (Wildman–Crippen MR) is 17.7 cm³/mol. The molecule has 0 aliphatic carbocycles. The van der Waals surface area contributed by atoms with Gasteiger partial charge < -0.3 is 5.11 Å². The van der Waals surface area contributed by atoms with Crippen molar-refractivity contribution >= 4 is 29.6 Å². The fourth-order valence-electron chi connectivity index (χ4n) is 0.